The Kier molecular flexibility index (Phi) is 6.20. The van der Waals surface area contributed by atoms with E-state index in [-0.39, 0.29) is 5.82 Å². The first-order valence-corrected chi connectivity index (χ1v) is 6.65. The number of halogens is 1. The molecule has 1 atom stereocenters. The van der Waals surface area contributed by atoms with E-state index < -0.39 is 0 Å². The summed E-state index contributed by atoms with van der Waals surface area (Å²) in [6.45, 7) is 7.50. The molecule has 0 fully saturated rings. The first kappa shape index (κ1) is 14.2. The normalized spacial score (nSPS) is 12.7. The maximum absolute atomic E-state index is 13.1. The fourth-order valence-electron chi connectivity index (χ4n) is 2.04. The lowest BCUT2D eigenvalue weighted by Gasteiger charge is -2.17. The van der Waals surface area contributed by atoms with Crippen LogP contribution in [0.3, 0.4) is 0 Å². The highest BCUT2D eigenvalue weighted by atomic mass is 19.1. The topological polar surface area (TPSA) is 12.0 Å². The Bertz CT molecular complexity index is 336. The minimum atomic E-state index is -0.125. The average Bonchev–Trinajstić information content (AvgIpc) is 2.33. The van der Waals surface area contributed by atoms with Crippen molar-refractivity contribution >= 4 is 0 Å². The third-order valence-corrected chi connectivity index (χ3v) is 3.25. The molecule has 2 heteroatoms. The van der Waals surface area contributed by atoms with Crippen LogP contribution in [-0.4, -0.2) is 12.6 Å². The van der Waals surface area contributed by atoms with E-state index >= 15 is 0 Å². The van der Waals surface area contributed by atoms with Crippen molar-refractivity contribution in [2.24, 2.45) is 0 Å². The molecule has 96 valence electrons. The molecule has 0 aliphatic heterocycles. The highest BCUT2D eigenvalue weighted by molar-refractivity contribution is 5.26. The van der Waals surface area contributed by atoms with Gasteiger partial charge in [0.1, 0.15) is 5.82 Å². The van der Waals surface area contributed by atoms with Gasteiger partial charge in [-0.1, -0.05) is 19.9 Å². The quantitative estimate of drug-likeness (QED) is 0.759. The highest BCUT2D eigenvalue weighted by Crippen LogP contribution is 2.14. The van der Waals surface area contributed by atoms with Crippen LogP contribution >= 0.6 is 0 Å². The molecule has 1 N–H and O–H groups in total. The van der Waals surface area contributed by atoms with Gasteiger partial charge in [-0.25, -0.2) is 4.39 Å². The molecule has 1 unspecified atom stereocenters. The molecule has 0 aromatic heterocycles. The maximum Gasteiger partial charge on any atom is 0.123 e. The van der Waals surface area contributed by atoms with Crippen LogP contribution in [0.25, 0.3) is 0 Å². The van der Waals surface area contributed by atoms with Gasteiger partial charge in [-0.05, 0) is 62.4 Å². The lowest BCUT2D eigenvalue weighted by molar-refractivity contribution is 0.467. The van der Waals surface area contributed by atoms with Crippen molar-refractivity contribution in [1.82, 2.24) is 5.32 Å². The second-order valence-corrected chi connectivity index (χ2v) is 4.67. The maximum atomic E-state index is 13.1. The van der Waals surface area contributed by atoms with Gasteiger partial charge in [-0.15, -0.1) is 0 Å². The third kappa shape index (κ3) is 4.86. The van der Waals surface area contributed by atoms with E-state index in [0.717, 1.165) is 37.8 Å². The van der Waals surface area contributed by atoms with E-state index in [0.29, 0.717) is 6.04 Å². The molecule has 0 saturated carbocycles. The largest absolute Gasteiger partial charge is 0.314 e. The van der Waals surface area contributed by atoms with Crippen LogP contribution in [0.15, 0.2) is 18.2 Å². The van der Waals surface area contributed by atoms with E-state index in [9.17, 15) is 4.39 Å². The monoisotopic (exact) mass is 237 g/mol. The summed E-state index contributed by atoms with van der Waals surface area (Å²) in [6.07, 6.45) is 4.34. The van der Waals surface area contributed by atoms with Crippen LogP contribution in [0.2, 0.25) is 0 Å². The smallest absolute Gasteiger partial charge is 0.123 e. The zero-order chi connectivity index (χ0) is 12.7. The molecule has 0 aliphatic carbocycles. The molecule has 0 aliphatic rings. The number of aryl methyl sites for hydroxylation is 2. The van der Waals surface area contributed by atoms with E-state index in [1.165, 1.54) is 11.6 Å². The van der Waals surface area contributed by atoms with Crippen molar-refractivity contribution in [2.45, 2.75) is 52.5 Å². The van der Waals surface area contributed by atoms with Crippen molar-refractivity contribution in [3.05, 3.63) is 35.1 Å². The zero-order valence-corrected chi connectivity index (χ0v) is 11.2. The predicted octanol–water partition coefficient (Wildman–Crippen LogP) is 3.84. The number of rotatable bonds is 7. The van der Waals surface area contributed by atoms with Gasteiger partial charge in [-0.3, -0.25) is 0 Å². The van der Waals surface area contributed by atoms with Crippen molar-refractivity contribution in [1.29, 1.82) is 0 Å². The van der Waals surface area contributed by atoms with Crippen LogP contribution in [0.4, 0.5) is 4.39 Å². The Hall–Kier alpha value is -0.890. The molecule has 1 nitrogen and oxygen atoms in total. The number of hydrogen-bond donors (Lipinski definition) is 1. The summed E-state index contributed by atoms with van der Waals surface area (Å²) in [5.41, 5.74) is 2.33. The summed E-state index contributed by atoms with van der Waals surface area (Å²) in [5, 5.41) is 3.53. The van der Waals surface area contributed by atoms with Crippen LogP contribution < -0.4 is 5.32 Å². The first-order chi connectivity index (χ1) is 8.17. The molecule has 1 aromatic rings. The molecular formula is C15H24FN. The molecule has 1 aromatic carbocycles. The molecule has 17 heavy (non-hydrogen) atoms. The van der Waals surface area contributed by atoms with Gasteiger partial charge in [0.2, 0.25) is 0 Å². The number of hydrogen-bond acceptors (Lipinski definition) is 1. The van der Waals surface area contributed by atoms with Crippen LogP contribution in [0, 0.1) is 12.7 Å². The van der Waals surface area contributed by atoms with Crippen molar-refractivity contribution in [3.63, 3.8) is 0 Å². The molecular weight excluding hydrogens is 213 g/mol. The Morgan fingerprint density at radius 3 is 2.71 bits per heavy atom. The van der Waals surface area contributed by atoms with E-state index in [1.807, 2.05) is 6.07 Å². The Morgan fingerprint density at radius 1 is 1.29 bits per heavy atom. The summed E-state index contributed by atoms with van der Waals surface area (Å²) in [7, 11) is 0. The van der Waals surface area contributed by atoms with Gasteiger partial charge < -0.3 is 5.32 Å². The summed E-state index contributed by atoms with van der Waals surface area (Å²) >= 11 is 0. The summed E-state index contributed by atoms with van der Waals surface area (Å²) < 4.78 is 13.1. The van der Waals surface area contributed by atoms with Crippen molar-refractivity contribution in [3.8, 4) is 0 Å². The number of nitrogens with one attached hydrogen (secondary N) is 1. The molecule has 1 rings (SSSR count). The van der Waals surface area contributed by atoms with Crippen molar-refractivity contribution < 1.29 is 4.39 Å². The molecule has 0 spiro atoms. The molecule has 0 heterocycles. The summed E-state index contributed by atoms with van der Waals surface area (Å²) in [4.78, 5) is 0. The SMILES string of the molecule is CCCNC(CC)CCc1cc(F)ccc1C. The van der Waals surface area contributed by atoms with Crippen LogP contribution in [0.1, 0.15) is 44.2 Å². The Balaban J connectivity index is 2.50. The summed E-state index contributed by atoms with van der Waals surface area (Å²) in [5.74, 6) is -0.125. The summed E-state index contributed by atoms with van der Waals surface area (Å²) in [6, 6.07) is 5.62. The van der Waals surface area contributed by atoms with Gasteiger partial charge in [0.15, 0.2) is 0 Å². The van der Waals surface area contributed by atoms with Gasteiger partial charge in [0.25, 0.3) is 0 Å². The van der Waals surface area contributed by atoms with Gasteiger partial charge in [-0.2, -0.15) is 0 Å². The minimum absolute atomic E-state index is 0.125. The third-order valence-electron chi connectivity index (χ3n) is 3.25. The van der Waals surface area contributed by atoms with Gasteiger partial charge >= 0.3 is 0 Å². The number of benzene rings is 1. The Morgan fingerprint density at radius 2 is 2.06 bits per heavy atom. The van der Waals surface area contributed by atoms with Crippen molar-refractivity contribution in [2.75, 3.05) is 6.54 Å². The fourth-order valence-corrected chi connectivity index (χ4v) is 2.04. The first-order valence-electron chi connectivity index (χ1n) is 6.65. The molecule has 0 saturated heterocycles. The predicted molar refractivity (Wildman–Crippen MR) is 71.8 cm³/mol. The molecule has 0 bridgehead atoms. The average molecular weight is 237 g/mol. The minimum Gasteiger partial charge on any atom is -0.314 e. The van der Waals surface area contributed by atoms with E-state index in [2.05, 4.69) is 26.1 Å². The van der Waals surface area contributed by atoms with Gasteiger partial charge in [0.05, 0.1) is 0 Å². The lowest BCUT2D eigenvalue weighted by atomic mass is 9.99. The highest BCUT2D eigenvalue weighted by Gasteiger charge is 2.07. The zero-order valence-electron chi connectivity index (χ0n) is 11.2. The second kappa shape index (κ2) is 7.44. The van der Waals surface area contributed by atoms with E-state index in [1.54, 1.807) is 6.07 Å². The Labute approximate surface area is 104 Å². The van der Waals surface area contributed by atoms with Gasteiger partial charge in [0, 0.05) is 6.04 Å². The van der Waals surface area contributed by atoms with Crippen LogP contribution in [-0.2, 0) is 6.42 Å². The van der Waals surface area contributed by atoms with E-state index in [4.69, 9.17) is 0 Å². The lowest BCUT2D eigenvalue weighted by Crippen LogP contribution is -2.29. The standard InChI is InChI=1S/C15H24FN/c1-4-10-17-15(5-2)9-7-13-11-14(16)8-6-12(13)3/h6,8,11,15,17H,4-5,7,9-10H2,1-3H3. The second-order valence-electron chi connectivity index (χ2n) is 4.67. The molecule has 0 radical (unpaired) electrons. The molecule has 0 amide bonds. The van der Waals surface area contributed by atoms with Crippen LogP contribution in [0.5, 0.6) is 0 Å². The fraction of sp³-hybridized carbons (Fsp3) is 0.600.